The molecule has 2 aromatic heterocycles. The van der Waals surface area contributed by atoms with Crippen LogP contribution in [0.4, 0.5) is 0 Å². The highest BCUT2D eigenvalue weighted by atomic mass is 35.5. The Balaban J connectivity index is 1.72. The molecule has 0 radical (unpaired) electrons. The third kappa shape index (κ3) is 3.68. The number of halogens is 1. The lowest BCUT2D eigenvalue weighted by atomic mass is 10.2. The zero-order valence-corrected chi connectivity index (χ0v) is 14.7. The summed E-state index contributed by atoms with van der Waals surface area (Å²) in [6.45, 7) is 2.94. The number of benzene rings is 1. The molecule has 0 bridgehead atoms. The minimum absolute atomic E-state index is 0.561. The summed E-state index contributed by atoms with van der Waals surface area (Å²) in [5, 5.41) is 21.3. The fraction of sp³-hybridized carbons (Fsp3) is 0.357. The summed E-state index contributed by atoms with van der Waals surface area (Å²) >= 11 is 7.45. The molecule has 0 saturated heterocycles. The molecule has 8 nitrogen and oxygen atoms in total. The number of nitrogens with zero attached hydrogens (tertiary/aromatic N) is 7. The highest BCUT2D eigenvalue weighted by Crippen LogP contribution is 2.25. The number of hydrogen-bond donors (Lipinski definition) is 1. The van der Waals surface area contributed by atoms with E-state index in [0.717, 1.165) is 30.8 Å². The highest BCUT2D eigenvalue weighted by molar-refractivity contribution is 7.98. The molecule has 0 saturated carbocycles. The number of nitrogens with two attached hydrogens (primary N) is 1. The molecule has 3 aromatic rings. The second kappa shape index (κ2) is 7.63. The summed E-state index contributed by atoms with van der Waals surface area (Å²) in [5.41, 5.74) is 0.817. The van der Waals surface area contributed by atoms with Crippen molar-refractivity contribution in [3.05, 3.63) is 35.1 Å². The molecule has 1 aromatic carbocycles. The van der Waals surface area contributed by atoms with Gasteiger partial charge in [-0.15, -0.1) is 15.3 Å². The van der Waals surface area contributed by atoms with Crippen LogP contribution in [0, 0.1) is 0 Å². The first-order valence-electron chi connectivity index (χ1n) is 7.53. The molecule has 0 unspecified atom stereocenters. The molecule has 0 amide bonds. The van der Waals surface area contributed by atoms with Crippen LogP contribution in [0.15, 0.2) is 29.4 Å². The van der Waals surface area contributed by atoms with Crippen LogP contribution in [0.5, 0.6) is 0 Å². The van der Waals surface area contributed by atoms with Gasteiger partial charge in [0.05, 0.1) is 5.75 Å². The third-order valence-corrected chi connectivity index (χ3v) is 4.58. The number of tetrazole rings is 1. The van der Waals surface area contributed by atoms with E-state index in [2.05, 4.69) is 32.6 Å². The molecule has 0 aliphatic carbocycles. The van der Waals surface area contributed by atoms with Crippen molar-refractivity contribution in [1.29, 1.82) is 0 Å². The number of aryl methyl sites for hydroxylation is 1. The van der Waals surface area contributed by atoms with Crippen molar-refractivity contribution < 1.29 is 0 Å². The lowest BCUT2D eigenvalue weighted by Crippen LogP contribution is -2.12. The lowest BCUT2D eigenvalue weighted by Gasteiger charge is -2.05. The number of unbranched alkanes of at least 4 members (excludes halogenated alkanes) is 1. The maximum Gasteiger partial charge on any atom is 0.210 e. The summed E-state index contributed by atoms with van der Waals surface area (Å²) in [5.74, 6) is 8.04. The van der Waals surface area contributed by atoms with Crippen LogP contribution in [0.2, 0.25) is 5.02 Å². The van der Waals surface area contributed by atoms with E-state index in [9.17, 15) is 0 Å². The Kier molecular flexibility index (Phi) is 5.31. The maximum absolute atomic E-state index is 6.11. The second-order valence-electron chi connectivity index (χ2n) is 5.15. The van der Waals surface area contributed by atoms with Crippen molar-refractivity contribution in [1.82, 2.24) is 35.1 Å². The molecular formula is C14H17ClN8S. The summed E-state index contributed by atoms with van der Waals surface area (Å²) in [6, 6.07) is 7.34. The van der Waals surface area contributed by atoms with Gasteiger partial charge in [0, 0.05) is 17.1 Å². The van der Waals surface area contributed by atoms with E-state index in [-0.39, 0.29) is 0 Å². The van der Waals surface area contributed by atoms with Crippen molar-refractivity contribution in [3.8, 4) is 11.4 Å². The number of rotatable bonds is 7. The van der Waals surface area contributed by atoms with Gasteiger partial charge in [0.1, 0.15) is 0 Å². The van der Waals surface area contributed by atoms with E-state index in [4.69, 9.17) is 17.4 Å². The van der Waals surface area contributed by atoms with Gasteiger partial charge in [-0.25, -0.2) is 9.36 Å². The van der Waals surface area contributed by atoms with E-state index in [1.807, 2.05) is 16.8 Å². The predicted octanol–water partition coefficient (Wildman–Crippen LogP) is 2.39. The first kappa shape index (κ1) is 16.7. The molecule has 126 valence electrons. The second-order valence-corrected chi connectivity index (χ2v) is 6.53. The average Bonchev–Trinajstić information content (AvgIpc) is 3.17. The Bertz CT molecular complexity index is 815. The van der Waals surface area contributed by atoms with E-state index < -0.39 is 0 Å². The molecule has 0 fully saturated rings. The normalized spacial score (nSPS) is 11.1. The van der Waals surface area contributed by atoms with Gasteiger partial charge in [-0.05, 0) is 29.0 Å². The van der Waals surface area contributed by atoms with Crippen molar-refractivity contribution in [2.45, 2.75) is 37.2 Å². The molecule has 2 heterocycles. The van der Waals surface area contributed by atoms with E-state index >= 15 is 0 Å². The fourth-order valence-electron chi connectivity index (χ4n) is 2.14. The van der Waals surface area contributed by atoms with E-state index in [1.165, 1.54) is 16.4 Å². The SMILES string of the molecule is CCCCn1nnnc1CSc1nnc(-c2cccc(Cl)c2)n1N. The average molecular weight is 365 g/mol. The Morgan fingerprint density at radius 3 is 2.92 bits per heavy atom. The first-order valence-corrected chi connectivity index (χ1v) is 8.89. The molecule has 0 atom stereocenters. The summed E-state index contributed by atoms with van der Waals surface area (Å²) in [7, 11) is 0. The van der Waals surface area contributed by atoms with Gasteiger partial charge in [0.2, 0.25) is 5.16 Å². The van der Waals surface area contributed by atoms with Crippen molar-refractivity contribution >= 4 is 23.4 Å². The van der Waals surface area contributed by atoms with Crippen LogP contribution >= 0.6 is 23.4 Å². The Morgan fingerprint density at radius 2 is 2.12 bits per heavy atom. The van der Waals surface area contributed by atoms with Crippen molar-refractivity contribution in [2.75, 3.05) is 5.84 Å². The van der Waals surface area contributed by atoms with Gasteiger partial charge < -0.3 is 5.84 Å². The zero-order valence-electron chi connectivity index (χ0n) is 13.1. The topological polar surface area (TPSA) is 100 Å². The zero-order chi connectivity index (χ0) is 16.9. The van der Waals surface area contributed by atoms with Gasteiger partial charge in [0.15, 0.2) is 11.6 Å². The molecule has 0 aliphatic heterocycles. The molecule has 10 heteroatoms. The lowest BCUT2D eigenvalue weighted by molar-refractivity contribution is 0.540. The molecule has 3 rings (SSSR count). The van der Waals surface area contributed by atoms with Gasteiger partial charge in [-0.3, -0.25) is 0 Å². The first-order chi connectivity index (χ1) is 11.7. The molecule has 2 N–H and O–H groups in total. The van der Waals surface area contributed by atoms with Crippen LogP contribution in [0.1, 0.15) is 25.6 Å². The Labute approximate surface area is 148 Å². The van der Waals surface area contributed by atoms with Gasteiger partial charge in [-0.1, -0.05) is 48.8 Å². The molecule has 0 spiro atoms. The predicted molar refractivity (Wildman–Crippen MR) is 92.9 cm³/mol. The summed E-state index contributed by atoms with van der Waals surface area (Å²) in [4.78, 5) is 0. The maximum atomic E-state index is 6.11. The Hall–Kier alpha value is -2.13. The largest absolute Gasteiger partial charge is 0.335 e. The number of hydrogen-bond acceptors (Lipinski definition) is 7. The van der Waals surface area contributed by atoms with Crippen LogP contribution in [0.3, 0.4) is 0 Å². The van der Waals surface area contributed by atoms with E-state index in [1.54, 1.807) is 12.1 Å². The third-order valence-electron chi connectivity index (χ3n) is 3.41. The van der Waals surface area contributed by atoms with Gasteiger partial charge in [-0.2, -0.15) is 0 Å². The molecule has 0 aliphatic rings. The van der Waals surface area contributed by atoms with Crippen molar-refractivity contribution in [3.63, 3.8) is 0 Å². The standard InChI is InChI=1S/C14H17ClN8S/c1-2-3-7-22-12(17-20-21-22)9-24-14-19-18-13(23(14)16)10-5-4-6-11(15)8-10/h4-6,8H,2-3,7,9,16H2,1H3. The Morgan fingerprint density at radius 1 is 1.25 bits per heavy atom. The minimum Gasteiger partial charge on any atom is -0.335 e. The number of nitrogen functional groups attached to an aromatic ring is 1. The number of thioether (sulfide) groups is 1. The van der Waals surface area contributed by atoms with Crippen LogP contribution in [-0.4, -0.2) is 35.1 Å². The monoisotopic (exact) mass is 364 g/mol. The van der Waals surface area contributed by atoms with Crippen LogP contribution in [0.25, 0.3) is 11.4 Å². The van der Waals surface area contributed by atoms with Gasteiger partial charge in [0.25, 0.3) is 0 Å². The number of aromatic nitrogens is 7. The van der Waals surface area contributed by atoms with E-state index in [0.29, 0.717) is 21.8 Å². The summed E-state index contributed by atoms with van der Waals surface area (Å²) < 4.78 is 3.27. The van der Waals surface area contributed by atoms with Crippen molar-refractivity contribution in [2.24, 2.45) is 0 Å². The van der Waals surface area contributed by atoms with Gasteiger partial charge >= 0.3 is 0 Å². The van der Waals surface area contributed by atoms with Crippen LogP contribution in [-0.2, 0) is 12.3 Å². The summed E-state index contributed by atoms with van der Waals surface area (Å²) in [6.07, 6.45) is 2.13. The molecule has 24 heavy (non-hydrogen) atoms. The fourth-order valence-corrected chi connectivity index (χ4v) is 3.12. The minimum atomic E-state index is 0.561. The van der Waals surface area contributed by atoms with Crippen LogP contribution < -0.4 is 5.84 Å². The smallest absolute Gasteiger partial charge is 0.210 e. The molecular weight excluding hydrogens is 348 g/mol. The highest BCUT2D eigenvalue weighted by Gasteiger charge is 2.14. The quantitative estimate of drug-likeness (QED) is 0.507.